The molecule has 2 aromatic carbocycles. The first-order chi connectivity index (χ1) is 10.2. The molecule has 4 rings (SSSR count). The number of nitrogens with two attached hydrogens (primary N) is 1. The van der Waals surface area contributed by atoms with Gasteiger partial charge in [0.2, 0.25) is 0 Å². The van der Waals surface area contributed by atoms with Crippen LogP contribution >= 0.6 is 23.1 Å². The van der Waals surface area contributed by atoms with E-state index in [1.165, 1.54) is 40.0 Å². The second-order valence-electron chi connectivity index (χ2n) is 5.48. The van der Waals surface area contributed by atoms with Gasteiger partial charge in [0.15, 0.2) is 0 Å². The first kappa shape index (κ1) is 13.2. The van der Waals surface area contributed by atoms with Crippen molar-refractivity contribution in [2.75, 3.05) is 5.73 Å². The molecule has 2 N–H and O–H groups in total. The van der Waals surface area contributed by atoms with E-state index in [0.717, 1.165) is 21.1 Å². The maximum atomic E-state index is 6.21. The third-order valence-corrected chi connectivity index (χ3v) is 5.92. The van der Waals surface area contributed by atoms with Gasteiger partial charge in [-0.15, -0.1) is 11.3 Å². The summed E-state index contributed by atoms with van der Waals surface area (Å²) in [5.74, 6) is 0. The maximum Gasteiger partial charge on any atom is 0.0907 e. The monoisotopic (exact) mass is 312 g/mol. The van der Waals surface area contributed by atoms with E-state index in [2.05, 4.69) is 35.3 Å². The smallest absolute Gasteiger partial charge is 0.0907 e. The molecule has 1 heterocycles. The number of hydrogen-bond donors (Lipinski definition) is 1. The Morgan fingerprint density at radius 3 is 2.90 bits per heavy atom. The molecule has 0 spiro atoms. The summed E-state index contributed by atoms with van der Waals surface area (Å²) >= 11 is 3.44. The maximum absolute atomic E-state index is 6.21. The van der Waals surface area contributed by atoms with Crippen molar-refractivity contribution in [2.24, 2.45) is 0 Å². The summed E-state index contributed by atoms with van der Waals surface area (Å²) in [4.78, 5) is 6.94. The zero-order valence-electron chi connectivity index (χ0n) is 11.8. The van der Waals surface area contributed by atoms with Gasteiger partial charge in [-0.05, 0) is 61.6 Å². The van der Waals surface area contributed by atoms with Gasteiger partial charge in [0.25, 0.3) is 0 Å². The SMILES string of the molecule is Cc1nc2cc(Sc3ccc4c(c3)CCC4)c(N)cc2s1. The lowest BCUT2D eigenvalue weighted by atomic mass is 10.1. The van der Waals surface area contributed by atoms with Crippen molar-refractivity contribution >= 4 is 39.0 Å². The fraction of sp³-hybridized carbons (Fsp3) is 0.235. The Hall–Kier alpha value is -1.52. The lowest BCUT2D eigenvalue weighted by Gasteiger charge is -2.07. The molecule has 106 valence electrons. The number of benzene rings is 2. The average Bonchev–Trinajstić information content (AvgIpc) is 3.04. The fourth-order valence-electron chi connectivity index (χ4n) is 2.91. The number of hydrogen-bond acceptors (Lipinski definition) is 4. The molecule has 4 heteroatoms. The normalized spacial score (nSPS) is 13.8. The quantitative estimate of drug-likeness (QED) is 0.689. The Morgan fingerprint density at radius 2 is 2.00 bits per heavy atom. The summed E-state index contributed by atoms with van der Waals surface area (Å²) in [6.07, 6.45) is 3.73. The third-order valence-electron chi connectivity index (χ3n) is 3.92. The highest BCUT2D eigenvalue weighted by Crippen LogP contribution is 2.37. The van der Waals surface area contributed by atoms with E-state index in [-0.39, 0.29) is 0 Å². The molecule has 0 saturated carbocycles. The standard InChI is InChI=1S/C17H16N2S2/c1-10-19-15-9-16(14(18)8-17(15)20-10)21-13-6-5-11-3-2-4-12(11)7-13/h5-9H,2-4,18H2,1H3. The van der Waals surface area contributed by atoms with Crippen molar-refractivity contribution in [2.45, 2.75) is 36.0 Å². The van der Waals surface area contributed by atoms with Crippen molar-refractivity contribution in [1.82, 2.24) is 4.98 Å². The van der Waals surface area contributed by atoms with E-state index in [4.69, 9.17) is 5.73 Å². The number of aromatic nitrogens is 1. The highest BCUT2D eigenvalue weighted by molar-refractivity contribution is 7.99. The van der Waals surface area contributed by atoms with Gasteiger partial charge in [-0.3, -0.25) is 0 Å². The molecule has 0 amide bonds. The molecule has 21 heavy (non-hydrogen) atoms. The zero-order valence-corrected chi connectivity index (χ0v) is 13.5. The van der Waals surface area contributed by atoms with E-state index in [9.17, 15) is 0 Å². The van der Waals surface area contributed by atoms with Crippen LogP contribution in [0.3, 0.4) is 0 Å². The van der Waals surface area contributed by atoms with Crippen LogP contribution in [0.25, 0.3) is 10.2 Å². The molecule has 1 aliphatic rings. The van der Waals surface area contributed by atoms with E-state index in [1.807, 2.05) is 6.92 Å². The van der Waals surface area contributed by atoms with Gasteiger partial charge < -0.3 is 5.73 Å². The minimum atomic E-state index is 0.844. The van der Waals surface area contributed by atoms with Gasteiger partial charge in [0.05, 0.1) is 15.2 Å². The summed E-state index contributed by atoms with van der Waals surface area (Å²) in [6, 6.07) is 11.0. The minimum absolute atomic E-state index is 0.844. The van der Waals surface area contributed by atoms with Crippen molar-refractivity contribution in [3.8, 4) is 0 Å². The van der Waals surface area contributed by atoms with Crippen LogP contribution in [0.15, 0.2) is 40.1 Å². The fourth-order valence-corrected chi connectivity index (χ4v) is 4.71. The van der Waals surface area contributed by atoms with Crippen LogP contribution in [0.1, 0.15) is 22.6 Å². The molecule has 0 fully saturated rings. The summed E-state index contributed by atoms with van der Waals surface area (Å²) in [7, 11) is 0. The van der Waals surface area contributed by atoms with Crippen LogP contribution in [-0.4, -0.2) is 4.98 Å². The lowest BCUT2D eigenvalue weighted by molar-refractivity contribution is 0.911. The number of aryl methyl sites for hydroxylation is 3. The van der Waals surface area contributed by atoms with Crippen LogP contribution in [0.5, 0.6) is 0 Å². The zero-order chi connectivity index (χ0) is 14.4. The molecule has 0 aliphatic heterocycles. The molecule has 2 nitrogen and oxygen atoms in total. The molecular weight excluding hydrogens is 296 g/mol. The Labute approximate surface area is 132 Å². The first-order valence-electron chi connectivity index (χ1n) is 7.15. The highest BCUT2D eigenvalue weighted by atomic mass is 32.2. The Kier molecular flexibility index (Phi) is 3.16. The first-order valence-corrected chi connectivity index (χ1v) is 8.79. The van der Waals surface area contributed by atoms with Crippen LogP contribution in [-0.2, 0) is 12.8 Å². The van der Waals surface area contributed by atoms with Crippen molar-refractivity contribution in [3.63, 3.8) is 0 Å². The van der Waals surface area contributed by atoms with Gasteiger partial charge in [0, 0.05) is 15.5 Å². The Morgan fingerprint density at radius 1 is 1.14 bits per heavy atom. The molecule has 1 aliphatic carbocycles. The second kappa shape index (κ2) is 5.04. The van der Waals surface area contributed by atoms with Gasteiger partial charge in [-0.1, -0.05) is 17.8 Å². The van der Waals surface area contributed by atoms with E-state index in [1.54, 1.807) is 23.1 Å². The molecule has 0 bridgehead atoms. The number of rotatable bonds is 2. The molecule has 0 saturated heterocycles. The van der Waals surface area contributed by atoms with Crippen LogP contribution in [0, 0.1) is 6.92 Å². The topological polar surface area (TPSA) is 38.9 Å². The van der Waals surface area contributed by atoms with Crippen LogP contribution in [0.2, 0.25) is 0 Å². The molecule has 0 unspecified atom stereocenters. The number of nitrogens with zero attached hydrogens (tertiary/aromatic N) is 1. The molecule has 0 radical (unpaired) electrons. The summed E-state index contributed by atoms with van der Waals surface area (Å²) in [6.45, 7) is 2.04. The van der Waals surface area contributed by atoms with Gasteiger partial charge in [-0.25, -0.2) is 4.98 Å². The van der Waals surface area contributed by atoms with Gasteiger partial charge >= 0.3 is 0 Å². The van der Waals surface area contributed by atoms with Crippen LogP contribution < -0.4 is 5.73 Å². The number of fused-ring (bicyclic) bond motifs is 2. The third kappa shape index (κ3) is 2.43. The predicted octanol–water partition coefficient (Wildman–Crippen LogP) is 4.83. The Balaban J connectivity index is 1.71. The van der Waals surface area contributed by atoms with Gasteiger partial charge in [0.1, 0.15) is 0 Å². The minimum Gasteiger partial charge on any atom is -0.398 e. The van der Waals surface area contributed by atoms with E-state index in [0.29, 0.717) is 0 Å². The van der Waals surface area contributed by atoms with Crippen molar-refractivity contribution in [1.29, 1.82) is 0 Å². The second-order valence-corrected chi connectivity index (χ2v) is 7.83. The van der Waals surface area contributed by atoms with E-state index < -0.39 is 0 Å². The molecule has 1 aromatic heterocycles. The molecule has 3 aromatic rings. The lowest BCUT2D eigenvalue weighted by Crippen LogP contribution is -1.89. The average molecular weight is 312 g/mol. The summed E-state index contributed by atoms with van der Waals surface area (Å²) in [5, 5.41) is 1.09. The number of nitrogen functional groups attached to an aromatic ring is 1. The van der Waals surface area contributed by atoms with E-state index >= 15 is 0 Å². The van der Waals surface area contributed by atoms with Gasteiger partial charge in [-0.2, -0.15) is 0 Å². The number of anilines is 1. The summed E-state index contributed by atoms with van der Waals surface area (Å²) in [5.41, 5.74) is 11.1. The highest BCUT2D eigenvalue weighted by Gasteiger charge is 2.12. The number of thiazole rings is 1. The largest absolute Gasteiger partial charge is 0.398 e. The predicted molar refractivity (Wildman–Crippen MR) is 91.4 cm³/mol. The van der Waals surface area contributed by atoms with Crippen molar-refractivity contribution in [3.05, 3.63) is 46.5 Å². The molecular formula is C17H16N2S2. The Bertz CT molecular complexity index is 836. The van der Waals surface area contributed by atoms with Crippen LogP contribution in [0.4, 0.5) is 5.69 Å². The summed E-state index contributed by atoms with van der Waals surface area (Å²) < 4.78 is 1.17. The van der Waals surface area contributed by atoms with Crippen molar-refractivity contribution < 1.29 is 0 Å². The molecule has 0 atom stereocenters.